The number of rotatable bonds is 3. The summed E-state index contributed by atoms with van der Waals surface area (Å²) in [5.41, 5.74) is 2.48. The van der Waals surface area contributed by atoms with E-state index in [1.165, 1.54) is 0 Å². The van der Waals surface area contributed by atoms with E-state index in [2.05, 4.69) is 0 Å². The van der Waals surface area contributed by atoms with Crippen LogP contribution in [-0.4, -0.2) is 18.7 Å². The summed E-state index contributed by atoms with van der Waals surface area (Å²) < 4.78 is 10.7. The highest BCUT2D eigenvalue weighted by atomic mass is 16.5. The number of hydrogen-bond donors (Lipinski definition) is 0. The van der Waals surface area contributed by atoms with Gasteiger partial charge in [0.25, 0.3) is 0 Å². The van der Waals surface area contributed by atoms with Gasteiger partial charge in [0, 0.05) is 5.57 Å². The van der Waals surface area contributed by atoms with E-state index in [0.717, 1.165) is 11.1 Å². The molecule has 3 nitrogen and oxygen atoms in total. The molecule has 0 radical (unpaired) electrons. The maximum Gasteiger partial charge on any atom is 0.341 e. The van der Waals surface area contributed by atoms with Crippen LogP contribution in [-0.2, 0) is 14.3 Å². The smallest absolute Gasteiger partial charge is 0.341 e. The third-order valence-electron chi connectivity index (χ3n) is 3.03. The number of ether oxygens (including phenoxy) is 2. The first-order valence-electron chi connectivity index (χ1n) is 6.45. The lowest BCUT2D eigenvalue weighted by atomic mass is 10.00. The fourth-order valence-corrected chi connectivity index (χ4v) is 2.18. The van der Waals surface area contributed by atoms with Gasteiger partial charge in [-0.1, -0.05) is 30.3 Å². The second-order valence-electron chi connectivity index (χ2n) is 4.42. The lowest BCUT2D eigenvalue weighted by Gasteiger charge is -2.08. The number of hydrogen-bond acceptors (Lipinski definition) is 3. The van der Waals surface area contributed by atoms with Crippen molar-refractivity contribution in [3.63, 3.8) is 0 Å². The van der Waals surface area contributed by atoms with Crippen molar-refractivity contribution < 1.29 is 14.3 Å². The molecule has 19 heavy (non-hydrogen) atoms. The van der Waals surface area contributed by atoms with E-state index in [1.807, 2.05) is 43.3 Å². The number of benzene rings is 1. The van der Waals surface area contributed by atoms with Crippen LogP contribution in [0.1, 0.15) is 26.3 Å². The van der Waals surface area contributed by atoms with Gasteiger partial charge in [-0.2, -0.15) is 0 Å². The van der Waals surface area contributed by atoms with Gasteiger partial charge in [-0.15, -0.1) is 0 Å². The van der Waals surface area contributed by atoms with Crippen LogP contribution in [0.2, 0.25) is 0 Å². The molecular formula is C16H18O3. The average Bonchev–Trinajstić information content (AvgIpc) is 2.66. The van der Waals surface area contributed by atoms with Gasteiger partial charge in [-0.05, 0) is 32.4 Å². The van der Waals surface area contributed by atoms with Crippen molar-refractivity contribution in [1.82, 2.24) is 0 Å². The Morgan fingerprint density at radius 1 is 1.37 bits per heavy atom. The molecule has 1 aromatic carbocycles. The molecule has 0 saturated heterocycles. The summed E-state index contributed by atoms with van der Waals surface area (Å²) in [6, 6.07) is 9.89. The average molecular weight is 258 g/mol. The molecule has 0 N–H and O–H groups in total. The van der Waals surface area contributed by atoms with Gasteiger partial charge in [-0.3, -0.25) is 0 Å². The third kappa shape index (κ3) is 2.87. The van der Waals surface area contributed by atoms with Crippen LogP contribution in [0, 0.1) is 0 Å². The largest absolute Gasteiger partial charge is 0.490 e. The molecule has 0 spiro atoms. The highest BCUT2D eigenvalue weighted by Gasteiger charge is 2.31. The standard InChI is InChI=1S/C16H18O3/c1-4-18-16(17)15-12(3)19-11(2)14(15)10-13-8-6-5-7-9-13/h5-11H,4H2,1-3H3/b14-10+. The van der Waals surface area contributed by atoms with Crippen molar-refractivity contribution in [2.75, 3.05) is 6.61 Å². The SMILES string of the molecule is CCOC(=O)C1=C(C)OC(C)/C1=C\c1ccccc1. The van der Waals surface area contributed by atoms with Crippen LogP contribution in [0.5, 0.6) is 0 Å². The Balaban J connectivity index is 2.37. The lowest BCUT2D eigenvalue weighted by Crippen LogP contribution is -2.11. The van der Waals surface area contributed by atoms with E-state index in [4.69, 9.17) is 9.47 Å². The molecule has 1 unspecified atom stereocenters. The Bertz CT molecular complexity index is 526. The van der Waals surface area contributed by atoms with E-state index < -0.39 is 0 Å². The van der Waals surface area contributed by atoms with E-state index in [0.29, 0.717) is 17.9 Å². The van der Waals surface area contributed by atoms with Gasteiger partial charge in [-0.25, -0.2) is 4.79 Å². The maximum absolute atomic E-state index is 12.0. The zero-order valence-corrected chi connectivity index (χ0v) is 11.5. The Morgan fingerprint density at radius 3 is 2.68 bits per heavy atom. The van der Waals surface area contributed by atoms with Crippen LogP contribution in [0.25, 0.3) is 6.08 Å². The molecule has 1 aliphatic heterocycles. The van der Waals surface area contributed by atoms with Crippen molar-refractivity contribution in [2.45, 2.75) is 26.9 Å². The Labute approximate surface area is 113 Å². The molecule has 0 amide bonds. The van der Waals surface area contributed by atoms with E-state index >= 15 is 0 Å². The predicted molar refractivity (Wildman–Crippen MR) is 74.3 cm³/mol. The van der Waals surface area contributed by atoms with Gasteiger partial charge < -0.3 is 9.47 Å². The number of allylic oxidation sites excluding steroid dienone is 1. The normalized spacial score (nSPS) is 20.6. The molecule has 1 atom stereocenters. The molecule has 0 saturated carbocycles. The highest BCUT2D eigenvalue weighted by Crippen LogP contribution is 2.32. The predicted octanol–water partition coefficient (Wildman–Crippen LogP) is 3.33. The summed E-state index contributed by atoms with van der Waals surface area (Å²) in [5, 5.41) is 0. The van der Waals surface area contributed by atoms with Gasteiger partial charge in [0.2, 0.25) is 0 Å². The summed E-state index contributed by atoms with van der Waals surface area (Å²) in [6.45, 7) is 5.90. The molecule has 100 valence electrons. The van der Waals surface area contributed by atoms with E-state index in [-0.39, 0.29) is 12.1 Å². The summed E-state index contributed by atoms with van der Waals surface area (Å²) >= 11 is 0. The van der Waals surface area contributed by atoms with Crippen LogP contribution >= 0.6 is 0 Å². The first kappa shape index (κ1) is 13.4. The summed E-state index contributed by atoms with van der Waals surface area (Å²) in [4.78, 5) is 12.0. The van der Waals surface area contributed by atoms with Crippen molar-refractivity contribution in [2.24, 2.45) is 0 Å². The first-order valence-corrected chi connectivity index (χ1v) is 6.45. The Morgan fingerprint density at radius 2 is 2.05 bits per heavy atom. The zero-order chi connectivity index (χ0) is 13.8. The summed E-state index contributed by atoms with van der Waals surface area (Å²) in [6.07, 6.45) is 1.85. The molecule has 0 fully saturated rings. The lowest BCUT2D eigenvalue weighted by molar-refractivity contribution is -0.138. The minimum absolute atomic E-state index is 0.125. The minimum atomic E-state index is -0.313. The quantitative estimate of drug-likeness (QED) is 0.780. The molecule has 1 heterocycles. The van der Waals surface area contributed by atoms with Gasteiger partial charge in [0.1, 0.15) is 17.4 Å². The van der Waals surface area contributed by atoms with E-state index in [9.17, 15) is 4.79 Å². The highest BCUT2D eigenvalue weighted by molar-refractivity contribution is 5.96. The van der Waals surface area contributed by atoms with Gasteiger partial charge in [0.15, 0.2) is 0 Å². The summed E-state index contributed by atoms with van der Waals surface area (Å²) in [5.74, 6) is 0.319. The van der Waals surface area contributed by atoms with Crippen LogP contribution in [0.3, 0.4) is 0 Å². The molecule has 3 heteroatoms. The molecule has 0 aliphatic carbocycles. The maximum atomic E-state index is 12.0. The zero-order valence-electron chi connectivity index (χ0n) is 11.5. The van der Waals surface area contributed by atoms with Gasteiger partial charge >= 0.3 is 5.97 Å². The number of carbonyl (C=O) groups excluding carboxylic acids is 1. The fraction of sp³-hybridized carbons (Fsp3) is 0.312. The number of carbonyl (C=O) groups is 1. The Hall–Kier alpha value is -2.03. The van der Waals surface area contributed by atoms with Crippen molar-refractivity contribution in [3.05, 3.63) is 52.8 Å². The molecule has 0 bridgehead atoms. The topological polar surface area (TPSA) is 35.5 Å². The molecule has 0 aromatic heterocycles. The first-order chi connectivity index (χ1) is 9.13. The minimum Gasteiger partial charge on any atom is -0.490 e. The monoisotopic (exact) mass is 258 g/mol. The fourth-order valence-electron chi connectivity index (χ4n) is 2.18. The molecule has 1 aliphatic rings. The van der Waals surface area contributed by atoms with Crippen LogP contribution in [0.4, 0.5) is 0 Å². The van der Waals surface area contributed by atoms with Crippen LogP contribution in [0.15, 0.2) is 47.2 Å². The van der Waals surface area contributed by atoms with E-state index in [1.54, 1.807) is 13.8 Å². The van der Waals surface area contributed by atoms with Crippen molar-refractivity contribution in [3.8, 4) is 0 Å². The Kier molecular flexibility index (Phi) is 4.05. The van der Waals surface area contributed by atoms with Crippen molar-refractivity contribution in [1.29, 1.82) is 0 Å². The molecular weight excluding hydrogens is 240 g/mol. The molecule has 1 aromatic rings. The van der Waals surface area contributed by atoms with Crippen LogP contribution < -0.4 is 0 Å². The summed E-state index contributed by atoms with van der Waals surface area (Å²) in [7, 11) is 0. The third-order valence-corrected chi connectivity index (χ3v) is 3.03. The molecule has 2 rings (SSSR count). The second-order valence-corrected chi connectivity index (χ2v) is 4.42. The van der Waals surface area contributed by atoms with Gasteiger partial charge in [0.05, 0.1) is 6.61 Å². The van der Waals surface area contributed by atoms with Crippen molar-refractivity contribution >= 4 is 12.0 Å². The number of esters is 1. The second kappa shape index (κ2) is 5.74.